The van der Waals surface area contributed by atoms with Crippen LogP contribution in [0.25, 0.3) is 32.3 Å². The lowest BCUT2D eigenvalue weighted by Gasteiger charge is -2.31. The van der Waals surface area contributed by atoms with Gasteiger partial charge in [0.25, 0.3) is 0 Å². The topological polar surface area (TPSA) is 222 Å². The monoisotopic (exact) mass is 953 g/mol. The number of hydrogen-bond acceptors (Lipinski definition) is 13. The second-order valence-electron chi connectivity index (χ2n) is 17.9. The zero-order chi connectivity index (χ0) is 49.7. The molecule has 0 radical (unpaired) electrons. The minimum Gasteiger partial charge on any atom is -0.491 e. The summed E-state index contributed by atoms with van der Waals surface area (Å²) in [5.41, 5.74) is 10.6. The fourth-order valence-corrected chi connectivity index (χ4v) is 7.52. The number of carbonyl (C=O) groups is 4. The molecule has 0 saturated carbocycles. The Hall–Kier alpha value is -6.30. The highest BCUT2D eigenvalue weighted by molar-refractivity contribution is 6.00. The van der Waals surface area contributed by atoms with Gasteiger partial charge in [0.1, 0.15) is 29.3 Å². The van der Waals surface area contributed by atoms with Crippen LogP contribution in [0.15, 0.2) is 77.9 Å². The Morgan fingerprint density at radius 1 is 0.812 bits per heavy atom. The third kappa shape index (κ3) is 17.3. The lowest BCUT2D eigenvalue weighted by atomic mass is 9.94. The molecule has 18 nitrogen and oxygen atoms in total. The van der Waals surface area contributed by atoms with Crippen LogP contribution in [0, 0.1) is 0 Å². The van der Waals surface area contributed by atoms with Gasteiger partial charge in [0.2, 0.25) is 11.8 Å². The summed E-state index contributed by atoms with van der Waals surface area (Å²) in [6, 6.07) is 22.7. The van der Waals surface area contributed by atoms with E-state index in [1.54, 1.807) is 18.7 Å². The van der Waals surface area contributed by atoms with Crippen LogP contribution in [0.4, 0.5) is 10.6 Å². The number of ether oxygens (including phenoxy) is 7. The zero-order valence-corrected chi connectivity index (χ0v) is 40.8. The summed E-state index contributed by atoms with van der Waals surface area (Å²) in [6.45, 7) is 13.2. The van der Waals surface area contributed by atoms with Gasteiger partial charge in [0, 0.05) is 35.5 Å². The Kier molecular flexibility index (Phi) is 21.0. The zero-order valence-electron chi connectivity index (χ0n) is 40.8. The van der Waals surface area contributed by atoms with E-state index >= 15 is 0 Å². The minimum atomic E-state index is -1.31. The summed E-state index contributed by atoms with van der Waals surface area (Å²) in [5.74, 6) is 0.0416. The Labute approximate surface area is 404 Å². The van der Waals surface area contributed by atoms with Gasteiger partial charge >= 0.3 is 12.1 Å². The van der Waals surface area contributed by atoms with Crippen molar-refractivity contribution in [2.75, 3.05) is 84.6 Å². The van der Waals surface area contributed by atoms with Gasteiger partial charge in [-0.2, -0.15) is 0 Å². The SMILES string of the molecule is COC(=O)C[C@H](NC(=O)C(C)(C)NC(=O)CCCc1ccc2c(n1)N(C(=O)OC(C)(C)C)CCC2)c1ccc(-c2ccc(OCCOCCOCCOCCOCCN=[N+]=[N-])c3ccccc23)cc1. The molecule has 2 N–H and O–H groups in total. The second-order valence-corrected chi connectivity index (χ2v) is 17.9. The quantitative estimate of drug-likeness (QED) is 0.0191. The number of nitrogens with zero attached hydrogens (tertiary/aromatic N) is 5. The number of nitrogens with one attached hydrogen (secondary N) is 2. The van der Waals surface area contributed by atoms with Gasteiger partial charge in [0.15, 0.2) is 0 Å². The number of pyridine rings is 1. The lowest BCUT2D eigenvalue weighted by molar-refractivity contribution is -0.141. The largest absolute Gasteiger partial charge is 0.491 e. The molecule has 5 rings (SSSR count). The standard InChI is InChI=1S/C51H67N7O11/c1-50(2,3)69-49(62)58-25-10-11-38-20-21-39(54-47(38)58)12-9-15-45(59)56-51(4,5)48(61)55-43(35-46(60)63-6)37-18-16-36(17-19-37)40-22-23-44(42-14-8-7-13-41(40)42)68-34-33-67-32-31-66-30-29-65-28-27-64-26-24-53-57-52/h7-8,13-14,16-23,43H,9-12,15,24-35H2,1-6H3,(H,55,61)(H,56,59)/t43-/m0/s1. The van der Waals surface area contributed by atoms with E-state index in [0.717, 1.165) is 51.7 Å². The first-order valence-electron chi connectivity index (χ1n) is 23.4. The molecule has 18 heteroatoms. The molecule has 3 amide bonds. The molecule has 0 spiro atoms. The summed E-state index contributed by atoms with van der Waals surface area (Å²) >= 11 is 0. The number of aromatic nitrogens is 1. The molecule has 1 aliphatic rings. The molecule has 4 aromatic rings. The molecular weight excluding hydrogens is 887 g/mol. The fraction of sp³-hybridized carbons (Fsp3) is 0.510. The normalized spacial score (nSPS) is 12.9. The van der Waals surface area contributed by atoms with E-state index in [9.17, 15) is 19.2 Å². The van der Waals surface area contributed by atoms with E-state index in [1.165, 1.54) is 7.11 Å². The van der Waals surface area contributed by atoms with Crippen molar-refractivity contribution in [1.29, 1.82) is 0 Å². The van der Waals surface area contributed by atoms with Gasteiger partial charge in [-0.15, -0.1) is 0 Å². The number of benzene rings is 3. The second kappa shape index (κ2) is 27.0. The highest BCUT2D eigenvalue weighted by Gasteiger charge is 2.33. The van der Waals surface area contributed by atoms with Crippen molar-refractivity contribution in [2.24, 2.45) is 5.11 Å². The summed E-state index contributed by atoms with van der Waals surface area (Å²) in [4.78, 5) is 61.6. The minimum absolute atomic E-state index is 0.120. The summed E-state index contributed by atoms with van der Waals surface area (Å²) in [7, 11) is 1.30. The van der Waals surface area contributed by atoms with Crippen molar-refractivity contribution in [2.45, 2.75) is 90.3 Å². The number of fused-ring (bicyclic) bond motifs is 2. The molecule has 0 unspecified atom stereocenters. The van der Waals surface area contributed by atoms with Crippen LogP contribution in [0.2, 0.25) is 0 Å². The summed E-state index contributed by atoms with van der Waals surface area (Å²) in [5, 5.41) is 11.2. The smallest absolute Gasteiger partial charge is 0.416 e. The van der Waals surface area contributed by atoms with Crippen LogP contribution < -0.4 is 20.3 Å². The van der Waals surface area contributed by atoms with E-state index in [-0.39, 0.29) is 18.7 Å². The van der Waals surface area contributed by atoms with E-state index in [4.69, 9.17) is 43.7 Å². The van der Waals surface area contributed by atoms with Gasteiger partial charge in [0.05, 0.1) is 72.4 Å². The number of esters is 1. The molecule has 3 aromatic carbocycles. The number of anilines is 1. The van der Waals surface area contributed by atoms with Gasteiger partial charge < -0.3 is 43.8 Å². The molecule has 0 fully saturated rings. The number of methoxy groups -OCH3 is 1. The van der Waals surface area contributed by atoms with Crippen LogP contribution in [0.3, 0.4) is 0 Å². The predicted molar refractivity (Wildman–Crippen MR) is 261 cm³/mol. The van der Waals surface area contributed by atoms with Crippen LogP contribution in [-0.4, -0.2) is 120 Å². The molecule has 1 aromatic heterocycles. The van der Waals surface area contributed by atoms with Crippen molar-refractivity contribution in [1.82, 2.24) is 15.6 Å². The molecular formula is C51H67N7O11. The average molecular weight is 954 g/mol. The molecule has 0 aliphatic carbocycles. The summed E-state index contributed by atoms with van der Waals surface area (Å²) in [6.07, 6.45) is 2.19. The van der Waals surface area contributed by atoms with Crippen molar-refractivity contribution in [3.63, 3.8) is 0 Å². The van der Waals surface area contributed by atoms with Crippen molar-refractivity contribution >= 4 is 40.5 Å². The maximum atomic E-state index is 13.8. The van der Waals surface area contributed by atoms with Crippen LogP contribution in [0.5, 0.6) is 5.75 Å². The van der Waals surface area contributed by atoms with Crippen LogP contribution in [-0.2, 0) is 55.6 Å². The molecule has 1 atom stereocenters. The highest BCUT2D eigenvalue weighted by atomic mass is 16.6. The number of hydrogen-bond donors (Lipinski definition) is 2. The number of azide groups is 1. The van der Waals surface area contributed by atoms with Gasteiger partial charge in [-0.1, -0.05) is 65.8 Å². The maximum Gasteiger partial charge on any atom is 0.416 e. The highest BCUT2D eigenvalue weighted by Crippen LogP contribution is 2.35. The van der Waals surface area contributed by atoms with E-state index in [0.29, 0.717) is 96.8 Å². The maximum absolute atomic E-state index is 13.8. The average Bonchev–Trinajstić information content (AvgIpc) is 3.32. The lowest BCUT2D eigenvalue weighted by Crippen LogP contribution is -2.55. The van der Waals surface area contributed by atoms with Crippen molar-refractivity contribution in [3.05, 3.63) is 100 Å². The predicted octanol–water partition coefficient (Wildman–Crippen LogP) is 7.98. The van der Waals surface area contributed by atoms with Crippen LogP contribution >= 0.6 is 0 Å². The molecule has 1 aliphatic heterocycles. The van der Waals surface area contributed by atoms with Crippen molar-refractivity contribution < 1.29 is 52.3 Å². The molecule has 2 heterocycles. The summed E-state index contributed by atoms with van der Waals surface area (Å²) < 4.78 is 38.7. The van der Waals surface area contributed by atoms with Crippen LogP contribution in [0.1, 0.15) is 83.2 Å². The number of rotatable bonds is 27. The first kappa shape index (κ1) is 53.7. The van der Waals surface area contributed by atoms with Gasteiger partial charge in [-0.3, -0.25) is 19.3 Å². The van der Waals surface area contributed by atoms with Gasteiger partial charge in [-0.25, -0.2) is 9.78 Å². The number of amides is 3. The molecule has 372 valence electrons. The number of aryl methyl sites for hydroxylation is 2. The van der Waals surface area contributed by atoms with E-state index in [1.807, 2.05) is 93.6 Å². The molecule has 0 saturated heterocycles. The Morgan fingerprint density at radius 2 is 1.46 bits per heavy atom. The fourth-order valence-electron chi connectivity index (χ4n) is 7.52. The first-order valence-corrected chi connectivity index (χ1v) is 23.4. The molecule has 69 heavy (non-hydrogen) atoms. The van der Waals surface area contributed by atoms with Gasteiger partial charge in [-0.05, 0) is 106 Å². The van der Waals surface area contributed by atoms with Crippen molar-refractivity contribution in [3.8, 4) is 16.9 Å². The number of carbonyl (C=O) groups excluding carboxylic acids is 4. The van der Waals surface area contributed by atoms with E-state index in [2.05, 4.69) is 20.7 Å². The molecule has 0 bridgehead atoms. The Balaban J connectivity index is 1.10. The Bertz CT molecular complexity index is 2360. The third-order valence-electron chi connectivity index (χ3n) is 11.0. The Morgan fingerprint density at radius 3 is 2.12 bits per heavy atom. The third-order valence-corrected chi connectivity index (χ3v) is 11.0. The van der Waals surface area contributed by atoms with E-state index < -0.39 is 35.2 Å². The first-order chi connectivity index (χ1) is 33.2.